The van der Waals surface area contributed by atoms with E-state index in [9.17, 15) is 5.11 Å². The van der Waals surface area contributed by atoms with Crippen molar-refractivity contribution >= 4 is 5.76 Å². The van der Waals surface area contributed by atoms with Gasteiger partial charge in [0.05, 0.1) is 0 Å². The molecule has 7 N–H and O–H groups in total. The van der Waals surface area contributed by atoms with Crippen molar-refractivity contribution < 1.29 is 26.3 Å². The number of rotatable bonds is 11. The van der Waals surface area contributed by atoms with E-state index in [4.69, 9.17) is 11.5 Å². The van der Waals surface area contributed by atoms with E-state index in [2.05, 4.69) is 22.5 Å². The molecule has 0 amide bonds. The molecule has 1 fully saturated rings. The molecular weight excluding hydrogens is 477 g/mol. The van der Waals surface area contributed by atoms with E-state index in [0.29, 0.717) is 11.8 Å². The first-order valence-corrected chi connectivity index (χ1v) is 12.8. The molecule has 0 saturated carbocycles. The van der Waals surface area contributed by atoms with Crippen LogP contribution in [-0.2, 0) is 0 Å². The Morgan fingerprint density at radius 3 is 2.76 bits per heavy atom. The van der Waals surface area contributed by atoms with Crippen molar-refractivity contribution in [2.45, 2.75) is 57.9 Å². The second kappa shape index (κ2) is 13.2. The number of aliphatic hydroxyl groups is 1. The normalized spacial score (nSPS) is 21.2. The van der Waals surface area contributed by atoms with E-state index >= 15 is 0 Å². The molecule has 1 aromatic carbocycles. The van der Waals surface area contributed by atoms with Gasteiger partial charge in [-0.3, -0.25) is 0 Å². The van der Waals surface area contributed by atoms with E-state index in [0.717, 1.165) is 28.7 Å². The van der Waals surface area contributed by atoms with Gasteiger partial charge in [0.15, 0.2) is 0 Å². The Balaban J connectivity index is 1.71. The third-order valence-electron chi connectivity index (χ3n) is 5.12. The minimum absolute atomic E-state index is 0.184. The van der Waals surface area contributed by atoms with Crippen LogP contribution in [0.25, 0.3) is 5.76 Å². The molecule has 1 aliphatic rings. The Hall–Kier alpha value is -1.13. The van der Waals surface area contributed by atoms with Crippen LogP contribution in [0.3, 0.4) is 0 Å². The number of benzene rings is 1. The Labute approximate surface area is 186 Å². The molecule has 0 aliphatic carbocycles. The van der Waals surface area contributed by atoms with Crippen LogP contribution in [0.4, 0.5) is 0 Å². The second-order valence-electron chi connectivity index (χ2n) is 7.59. The summed E-state index contributed by atoms with van der Waals surface area (Å²) in [4.78, 5) is 2.58. The first-order chi connectivity index (χ1) is 14.0. The van der Waals surface area contributed by atoms with Crippen molar-refractivity contribution in [1.82, 2.24) is 15.5 Å². The number of aliphatic hydroxyl groups excluding tert-OH is 1. The summed E-state index contributed by atoms with van der Waals surface area (Å²) in [6.45, 7) is 7.48. The van der Waals surface area contributed by atoms with E-state index in [1.165, 1.54) is 25.8 Å². The van der Waals surface area contributed by atoms with E-state index in [-0.39, 0.29) is 12.3 Å². The van der Waals surface area contributed by atoms with Crippen molar-refractivity contribution in [2.24, 2.45) is 11.5 Å². The van der Waals surface area contributed by atoms with Crippen molar-refractivity contribution in [1.29, 1.82) is 0 Å². The molecule has 164 valence electrons. The quantitative estimate of drug-likeness (QED) is 0.118. The van der Waals surface area contributed by atoms with Crippen LogP contribution >= 0.6 is 0 Å². The number of nitrogens with two attached hydrogens (primary N) is 2. The molecule has 0 aromatic heterocycles. The molecule has 6 nitrogen and oxygen atoms in total. The maximum atomic E-state index is 10.6. The van der Waals surface area contributed by atoms with Gasteiger partial charge in [-0.1, -0.05) is 0 Å². The van der Waals surface area contributed by atoms with Gasteiger partial charge in [-0.05, 0) is 0 Å². The standard InChI is InChI=1S/C22H37IN5O/c1-17-9-6-7-15-28(17)16-8-13-26-22(25)27-14-12-23-20(18(2)24)21(29)19-10-4-3-5-11-19/h3-5,10-12,14,17-18,22,26-27,29H,6-9,13,15-16,24-25H2,1-2H3/q-1. The molecule has 2 rings (SSSR count). The second-order valence-corrected chi connectivity index (χ2v) is 10.1. The third kappa shape index (κ3) is 8.64. The predicted octanol–water partition coefficient (Wildman–Crippen LogP) is -0.493. The molecule has 1 heterocycles. The molecule has 0 spiro atoms. The van der Waals surface area contributed by atoms with Gasteiger partial charge in [-0.2, -0.15) is 0 Å². The summed E-state index contributed by atoms with van der Waals surface area (Å²) >= 11 is -0.539. The van der Waals surface area contributed by atoms with Crippen molar-refractivity contribution in [3.8, 4) is 0 Å². The van der Waals surface area contributed by atoms with Gasteiger partial charge in [0.25, 0.3) is 0 Å². The van der Waals surface area contributed by atoms with E-state index in [1.807, 2.05) is 47.5 Å². The van der Waals surface area contributed by atoms with Crippen molar-refractivity contribution in [3.05, 3.63) is 49.8 Å². The average Bonchev–Trinajstić information content (AvgIpc) is 2.72. The number of nitrogens with one attached hydrogen (secondary N) is 2. The fourth-order valence-corrected chi connectivity index (χ4v) is 5.38. The first-order valence-electron chi connectivity index (χ1n) is 10.5. The number of likely N-dealkylation sites (tertiary alicyclic amines) is 1. The first kappa shape index (κ1) is 24.1. The average molecular weight is 514 g/mol. The van der Waals surface area contributed by atoms with Gasteiger partial charge in [0.1, 0.15) is 0 Å². The number of halogens is 1. The zero-order valence-corrected chi connectivity index (χ0v) is 19.8. The minimum atomic E-state index is -0.539. The number of hydrogen-bond acceptors (Lipinski definition) is 6. The summed E-state index contributed by atoms with van der Waals surface area (Å²) < 4.78 is 2.96. The summed E-state index contributed by atoms with van der Waals surface area (Å²) in [6, 6.07) is 10.1. The Morgan fingerprint density at radius 1 is 1.31 bits per heavy atom. The van der Waals surface area contributed by atoms with E-state index < -0.39 is 21.2 Å². The van der Waals surface area contributed by atoms with Crippen LogP contribution in [0.15, 0.2) is 44.2 Å². The molecule has 0 radical (unpaired) electrons. The van der Waals surface area contributed by atoms with Gasteiger partial charge in [0, 0.05) is 0 Å². The monoisotopic (exact) mass is 514 g/mol. The molecule has 1 aliphatic heterocycles. The third-order valence-corrected chi connectivity index (χ3v) is 8.00. The molecule has 3 atom stereocenters. The topological polar surface area (TPSA) is 99.6 Å². The number of piperidine rings is 1. The predicted molar refractivity (Wildman–Crippen MR) is 117 cm³/mol. The molecule has 29 heavy (non-hydrogen) atoms. The Morgan fingerprint density at radius 2 is 2.07 bits per heavy atom. The SMILES string of the molecule is CC(N)C([I-]C=CNC(N)NCCCN1CCCCC1C)=C(O)c1ccccc1. The summed E-state index contributed by atoms with van der Waals surface area (Å²) in [6.07, 6.45) is 6.70. The van der Waals surface area contributed by atoms with Crippen molar-refractivity contribution in [2.75, 3.05) is 19.6 Å². The van der Waals surface area contributed by atoms with Gasteiger partial charge < -0.3 is 0 Å². The van der Waals surface area contributed by atoms with Crippen LogP contribution in [-0.4, -0.2) is 48.0 Å². The zero-order chi connectivity index (χ0) is 21.1. The molecule has 7 heteroatoms. The number of nitrogens with zero attached hydrogens (tertiary/aromatic N) is 1. The Bertz CT molecular complexity index is 650. The van der Waals surface area contributed by atoms with Crippen LogP contribution < -0.4 is 43.3 Å². The molecule has 3 unspecified atom stereocenters. The van der Waals surface area contributed by atoms with Gasteiger partial charge in [0.2, 0.25) is 0 Å². The van der Waals surface area contributed by atoms with E-state index in [1.54, 1.807) is 0 Å². The van der Waals surface area contributed by atoms with Crippen LogP contribution in [0, 0.1) is 0 Å². The fourth-order valence-electron chi connectivity index (χ4n) is 3.43. The van der Waals surface area contributed by atoms with Crippen LogP contribution in [0.1, 0.15) is 45.1 Å². The number of hydrogen-bond donors (Lipinski definition) is 5. The van der Waals surface area contributed by atoms with Crippen LogP contribution in [0.2, 0.25) is 0 Å². The maximum absolute atomic E-state index is 10.6. The zero-order valence-electron chi connectivity index (χ0n) is 17.7. The molecule has 1 saturated heterocycles. The summed E-state index contributed by atoms with van der Waals surface area (Å²) in [7, 11) is 0. The van der Waals surface area contributed by atoms with Gasteiger partial charge >= 0.3 is 186 Å². The van der Waals surface area contributed by atoms with Gasteiger partial charge in [-0.15, -0.1) is 0 Å². The fraction of sp³-hybridized carbons (Fsp3) is 0.545. The summed E-state index contributed by atoms with van der Waals surface area (Å²) in [5.74, 6) is 0.299. The summed E-state index contributed by atoms with van der Waals surface area (Å²) in [5, 5.41) is 17.0. The van der Waals surface area contributed by atoms with Gasteiger partial charge in [-0.25, -0.2) is 0 Å². The van der Waals surface area contributed by atoms with Crippen LogP contribution in [0.5, 0.6) is 0 Å². The Kier molecular flexibility index (Phi) is 11.0. The van der Waals surface area contributed by atoms with Crippen molar-refractivity contribution in [3.63, 3.8) is 0 Å². The summed E-state index contributed by atoms with van der Waals surface area (Å²) in [5.41, 5.74) is 13.0. The molecular formula is C22H37IN5O-. The molecule has 1 aromatic rings. The molecule has 0 bridgehead atoms.